The Morgan fingerprint density at radius 1 is 0.886 bits per heavy atom. The molecule has 8 nitrogen and oxygen atoms in total. The lowest BCUT2D eigenvalue weighted by molar-refractivity contribution is -0.133. The van der Waals surface area contributed by atoms with Gasteiger partial charge in [0.1, 0.15) is 18.0 Å². The maximum absolute atomic E-state index is 13.4. The second-order valence-electron chi connectivity index (χ2n) is 7.76. The summed E-state index contributed by atoms with van der Waals surface area (Å²) in [4.78, 5) is 30.9. The van der Waals surface area contributed by atoms with Crippen molar-refractivity contribution >= 4 is 29.0 Å². The second-order valence-corrected chi connectivity index (χ2v) is 8.79. The van der Waals surface area contributed by atoms with Crippen molar-refractivity contribution in [2.45, 2.75) is 13.1 Å². The molecule has 0 spiro atoms. The number of ether oxygens (including phenoxy) is 3. The summed E-state index contributed by atoms with van der Waals surface area (Å²) in [7, 11) is 4.64. The zero-order chi connectivity index (χ0) is 25.0. The van der Waals surface area contributed by atoms with Crippen LogP contribution in [0.1, 0.15) is 10.4 Å². The van der Waals surface area contributed by atoms with Crippen LogP contribution in [0.5, 0.6) is 11.5 Å². The third-order valence-electron chi connectivity index (χ3n) is 5.28. The molecule has 0 fully saturated rings. The van der Waals surface area contributed by atoms with Crippen LogP contribution in [-0.2, 0) is 22.6 Å². The summed E-state index contributed by atoms with van der Waals surface area (Å²) in [6.07, 6.45) is 0. The maximum atomic E-state index is 13.4. The van der Waals surface area contributed by atoms with Crippen LogP contribution in [0.15, 0.2) is 66.0 Å². The van der Waals surface area contributed by atoms with E-state index in [0.29, 0.717) is 36.9 Å². The first-order valence-corrected chi connectivity index (χ1v) is 12.0. The normalized spacial score (nSPS) is 10.5. The largest absolute Gasteiger partial charge is 0.497 e. The van der Waals surface area contributed by atoms with Gasteiger partial charge in [-0.15, -0.1) is 11.3 Å². The van der Waals surface area contributed by atoms with Crippen molar-refractivity contribution in [3.05, 3.63) is 76.5 Å². The van der Waals surface area contributed by atoms with Crippen molar-refractivity contribution in [2.75, 3.05) is 46.3 Å². The SMILES string of the molecule is COCCN(CC(=O)N(Cc1ccccc1)Cc1cccs1)C(=O)Nc1cc(OC)cc(OC)c1. The fraction of sp³-hybridized carbons (Fsp3) is 0.308. The number of nitrogens with zero attached hydrogens (tertiary/aromatic N) is 2. The van der Waals surface area contributed by atoms with Crippen LogP contribution in [0, 0.1) is 0 Å². The minimum atomic E-state index is -0.415. The highest BCUT2D eigenvalue weighted by Crippen LogP contribution is 2.26. The molecule has 1 heterocycles. The van der Waals surface area contributed by atoms with Gasteiger partial charge >= 0.3 is 6.03 Å². The van der Waals surface area contributed by atoms with Gasteiger partial charge < -0.3 is 29.3 Å². The zero-order valence-corrected chi connectivity index (χ0v) is 21.0. The number of amides is 3. The van der Waals surface area contributed by atoms with E-state index in [0.717, 1.165) is 10.4 Å². The summed E-state index contributed by atoms with van der Waals surface area (Å²) in [6.45, 7) is 1.39. The molecule has 0 saturated carbocycles. The molecule has 0 radical (unpaired) electrons. The first-order chi connectivity index (χ1) is 17.0. The fourth-order valence-electron chi connectivity index (χ4n) is 3.43. The van der Waals surface area contributed by atoms with Gasteiger partial charge in [0.25, 0.3) is 0 Å². The molecule has 0 unspecified atom stereocenters. The van der Waals surface area contributed by atoms with Gasteiger partial charge in [-0.05, 0) is 17.0 Å². The molecular weight excluding hydrogens is 466 g/mol. The van der Waals surface area contributed by atoms with Gasteiger partial charge in [0.2, 0.25) is 5.91 Å². The van der Waals surface area contributed by atoms with Gasteiger partial charge in [-0.3, -0.25) is 4.79 Å². The average Bonchev–Trinajstić information content (AvgIpc) is 3.39. The predicted molar refractivity (Wildman–Crippen MR) is 137 cm³/mol. The summed E-state index contributed by atoms with van der Waals surface area (Å²) in [6, 6.07) is 18.5. The number of carbonyl (C=O) groups is 2. The number of methoxy groups -OCH3 is 3. The van der Waals surface area contributed by atoms with Gasteiger partial charge in [-0.1, -0.05) is 36.4 Å². The number of urea groups is 1. The number of rotatable bonds is 12. The van der Waals surface area contributed by atoms with Crippen LogP contribution in [0.4, 0.5) is 10.5 Å². The molecule has 3 aromatic rings. The number of hydrogen-bond acceptors (Lipinski definition) is 6. The molecule has 1 N–H and O–H groups in total. The van der Waals surface area contributed by atoms with Crippen molar-refractivity contribution < 1.29 is 23.8 Å². The third-order valence-corrected chi connectivity index (χ3v) is 6.14. The maximum Gasteiger partial charge on any atom is 0.322 e. The Morgan fingerprint density at radius 2 is 1.60 bits per heavy atom. The number of anilines is 1. The summed E-state index contributed by atoms with van der Waals surface area (Å²) >= 11 is 1.60. The molecule has 1 aromatic heterocycles. The van der Waals surface area contributed by atoms with Gasteiger partial charge in [-0.25, -0.2) is 4.79 Å². The van der Waals surface area contributed by atoms with Crippen LogP contribution in [0.25, 0.3) is 0 Å². The second kappa shape index (κ2) is 13.4. The first-order valence-electron chi connectivity index (χ1n) is 11.1. The quantitative estimate of drug-likeness (QED) is 0.399. The molecule has 0 atom stereocenters. The zero-order valence-electron chi connectivity index (χ0n) is 20.2. The van der Waals surface area contributed by atoms with Crippen LogP contribution < -0.4 is 14.8 Å². The van der Waals surface area contributed by atoms with Gasteiger partial charge in [0.15, 0.2) is 0 Å². The van der Waals surface area contributed by atoms with E-state index in [1.807, 2.05) is 47.8 Å². The van der Waals surface area contributed by atoms with Crippen LogP contribution in [0.3, 0.4) is 0 Å². The Kier molecular flexibility index (Phi) is 9.94. The lowest BCUT2D eigenvalue weighted by Crippen LogP contribution is -2.45. The van der Waals surface area contributed by atoms with E-state index in [1.54, 1.807) is 55.8 Å². The fourth-order valence-corrected chi connectivity index (χ4v) is 4.15. The minimum absolute atomic E-state index is 0.0888. The number of thiophene rings is 1. The third kappa shape index (κ3) is 8.01. The summed E-state index contributed by atoms with van der Waals surface area (Å²) in [5, 5.41) is 4.83. The molecule has 2 aromatic carbocycles. The Morgan fingerprint density at radius 3 is 2.20 bits per heavy atom. The summed E-state index contributed by atoms with van der Waals surface area (Å²) in [5.74, 6) is 0.935. The highest BCUT2D eigenvalue weighted by atomic mass is 32.1. The van der Waals surface area contributed by atoms with Crippen molar-refractivity contribution in [3.8, 4) is 11.5 Å². The van der Waals surface area contributed by atoms with Gasteiger partial charge in [0, 0.05) is 49.0 Å². The van der Waals surface area contributed by atoms with E-state index >= 15 is 0 Å². The molecule has 35 heavy (non-hydrogen) atoms. The number of hydrogen-bond donors (Lipinski definition) is 1. The highest BCUT2D eigenvalue weighted by molar-refractivity contribution is 7.09. The van der Waals surface area contributed by atoms with Gasteiger partial charge in [0.05, 0.1) is 27.4 Å². The smallest absolute Gasteiger partial charge is 0.322 e. The summed E-state index contributed by atoms with van der Waals surface area (Å²) < 4.78 is 15.7. The van der Waals surface area contributed by atoms with E-state index in [-0.39, 0.29) is 19.0 Å². The Hall–Kier alpha value is -3.56. The molecule has 0 aliphatic carbocycles. The number of benzene rings is 2. The average molecular weight is 498 g/mol. The lowest BCUT2D eigenvalue weighted by Gasteiger charge is -2.28. The van der Waals surface area contributed by atoms with Crippen LogP contribution in [-0.4, -0.2) is 62.8 Å². The van der Waals surface area contributed by atoms with Crippen molar-refractivity contribution in [1.82, 2.24) is 9.80 Å². The van der Waals surface area contributed by atoms with E-state index in [9.17, 15) is 9.59 Å². The van der Waals surface area contributed by atoms with E-state index in [4.69, 9.17) is 14.2 Å². The molecule has 0 aliphatic heterocycles. The molecule has 0 saturated heterocycles. The monoisotopic (exact) mass is 497 g/mol. The molecule has 186 valence electrons. The standard InChI is InChI=1S/C26H31N3O5S/c1-32-12-11-28(26(31)27-21-14-22(33-2)16-23(15-21)34-3)19-25(30)29(18-24-10-7-13-35-24)17-20-8-5-4-6-9-20/h4-10,13-16H,11-12,17-19H2,1-3H3,(H,27,31). The molecule has 0 bridgehead atoms. The van der Waals surface area contributed by atoms with E-state index in [2.05, 4.69) is 5.32 Å². The predicted octanol–water partition coefficient (Wildman–Crippen LogP) is 4.47. The van der Waals surface area contributed by atoms with Crippen LogP contribution >= 0.6 is 11.3 Å². The molecular formula is C26H31N3O5S. The number of nitrogens with one attached hydrogen (secondary N) is 1. The van der Waals surface area contributed by atoms with Crippen molar-refractivity contribution in [1.29, 1.82) is 0 Å². The lowest BCUT2D eigenvalue weighted by atomic mass is 10.2. The van der Waals surface area contributed by atoms with E-state index in [1.165, 1.54) is 4.90 Å². The molecule has 3 amide bonds. The highest BCUT2D eigenvalue weighted by Gasteiger charge is 2.22. The van der Waals surface area contributed by atoms with Gasteiger partial charge in [-0.2, -0.15) is 0 Å². The Labute approximate surface area is 210 Å². The first kappa shape index (κ1) is 26.1. The van der Waals surface area contributed by atoms with Crippen LogP contribution in [0.2, 0.25) is 0 Å². The number of carbonyl (C=O) groups excluding carboxylic acids is 2. The summed E-state index contributed by atoms with van der Waals surface area (Å²) in [5.41, 5.74) is 1.52. The Balaban J connectivity index is 1.76. The topological polar surface area (TPSA) is 80.3 Å². The molecule has 3 rings (SSSR count). The van der Waals surface area contributed by atoms with Crippen molar-refractivity contribution in [2.24, 2.45) is 0 Å². The minimum Gasteiger partial charge on any atom is -0.497 e. The Bertz CT molecular complexity index is 1050. The van der Waals surface area contributed by atoms with Crippen molar-refractivity contribution in [3.63, 3.8) is 0 Å². The van der Waals surface area contributed by atoms with E-state index < -0.39 is 6.03 Å². The molecule has 9 heteroatoms. The molecule has 0 aliphatic rings.